The maximum atomic E-state index is 11.3. The van der Waals surface area contributed by atoms with E-state index in [2.05, 4.69) is 21.9 Å². The highest BCUT2D eigenvalue weighted by atomic mass is 16.5. The summed E-state index contributed by atoms with van der Waals surface area (Å²) in [6.45, 7) is 8.18. The Labute approximate surface area is 109 Å². The van der Waals surface area contributed by atoms with Gasteiger partial charge in [-0.05, 0) is 51.9 Å². The molecular weight excluding hydrogens is 232 g/mol. The molecule has 0 aromatic heterocycles. The van der Waals surface area contributed by atoms with E-state index in [4.69, 9.17) is 0 Å². The molecule has 5 heteroatoms. The van der Waals surface area contributed by atoms with Gasteiger partial charge in [-0.1, -0.05) is 6.92 Å². The Balaban J connectivity index is 2.20. The second-order valence-electron chi connectivity index (χ2n) is 5.27. The Bertz CT molecular complexity index is 261. The van der Waals surface area contributed by atoms with E-state index < -0.39 is 11.6 Å². The summed E-state index contributed by atoms with van der Waals surface area (Å²) in [4.78, 5) is 13.7. The van der Waals surface area contributed by atoms with Gasteiger partial charge in [0, 0.05) is 6.54 Å². The van der Waals surface area contributed by atoms with E-state index in [0.717, 1.165) is 26.2 Å². The van der Waals surface area contributed by atoms with Crippen LogP contribution in [0.2, 0.25) is 0 Å². The van der Waals surface area contributed by atoms with Crippen molar-refractivity contribution in [1.29, 1.82) is 0 Å². The predicted octanol–water partition coefficient (Wildman–Crippen LogP) is 0.232. The molecule has 5 nitrogen and oxygen atoms in total. The molecule has 1 saturated heterocycles. The van der Waals surface area contributed by atoms with Gasteiger partial charge in [0.25, 0.3) is 0 Å². The first-order valence-corrected chi connectivity index (χ1v) is 6.73. The SMILES string of the molecule is CCN1CCC(CNCC(C)(O)C(=O)OC)CC1. The third kappa shape index (κ3) is 4.55. The molecule has 1 unspecified atom stereocenters. The molecule has 1 fully saturated rings. The largest absolute Gasteiger partial charge is 0.467 e. The number of methoxy groups -OCH3 is 1. The second kappa shape index (κ2) is 7.07. The quantitative estimate of drug-likeness (QED) is 0.668. The Morgan fingerprint density at radius 1 is 1.50 bits per heavy atom. The van der Waals surface area contributed by atoms with Gasteiger partial charge in [-0.3, -0.25) is 0 Å². The van der Waals surface area contributed by atoms with Crippen LogP contribution in [0.3, 0.4) is 0 Å². The predicted molar refractivity (Wildman–Crippen MR) is 70.3 cm³/mol. The Morgan fingerprint density at radius 3 is 2.61 bits per heavy atom. The fourth-order valence-electron chi connectivity index (χ4n) is 2.32. The van der Waals surface area contributed by atoms with E-state index in [0.29, 0.717) is 5.92 Å². The van der Waals surface area contributed by atoms with Crippen LogP contribution >= 0.6 is 0 Å². The summed E-state index contributed by atoms with van der Waals surface area (Å²) in [5.74, 6) is 0.0528. The van der Waals surface area contributed by atoms with Gasteiger partial charge in [0.2, 0.25) is 0 Å². The molecule has 106 valence electrons. The van der Waals surface area contributed by atoms with E-state index in [9.17, 15) is 9.90 Å². The molecule has 0 bridgehead atoms. The summed E-state index contributed by atoms with van der Waals surface area (Å²) >= 11 is 0. The lowest BCUT2D eigenvalue weighted by molar-refractivity contribution is -0.159. The number of ether oxygens (including phenoxy) is 1. The van der Waals surface area contributed by atoms with Gasteiger partial charge >= 0.3 is 5.97 Å². The fourth-order valence-corrected chi connectivity index (χ4v) is 2.32. The third-order valence-electron chi connectivity index (χ3n) is 3.68. The zero-order valence-corrected chi connectivity index (χ0v) is 11.7. The van der Waals surface area contributed by atoms with E-state index in [-0.39, 0.29) is 6.54 Å². The summed E-state index contributed by atoms with van der Waals surface area (Å²) in [7, 11) is 1.29. The first-order chi connectivity index (χ1) is 8.49. The van der Waals surface area contributed by atoms with E-state index in [1.807, 2.05) is 0 Å². The molecule has 1 heterocycles. The van der Waals surface area contributed by atoms with Crippen molar-refractivity contribution >= 4 is 5.97 Å². The van der Waals surface area contributed by atoms with Gasteiger partial charge in [-0.15, -0.1) is 0 Å². The highest BCUT2D eigenvalue weighted by molar-refractivity contribution is 5.78. The first-order valence-electron chi connectivity index (χ1n) is 6.73. The molecule has 0 amide bonds. The van der Waals surface area contributed by atoms with Gasteiger partial charge in [-0.25, -0.2) is 4.79 Å². The van der Waals surface area contributed by atoms with Crippen molar-refractivity contribution in [3.8, 4) is 0 Å². The van der Waals surface area contributed by atoms with Crippen molar-refractivity contribution < 1.29 is 14.6 Å². The molecule has 0 spiro atoms. The number of nitrogens with one attached hydrogen (secondary N) is 1. The highest BCUT2D eigenvalue weighted by Crippen LogP contribution is 2.16. The van der Waals surface area contributed by atoms with Crippen LogP contribution < -0.4 is 5.32 Å². The molecule has 1 aliphatic heterocycles. The molecule has 0 aliphatic carbocycles. The van der Waals surface area contributed by atoms with Crippen molar-refractivity contribution in [3.05, 3.63) is 0 Å². The van der Waals surface area contributed by atoms with Crippen molar-refractivity contribution in [1.82, 2.24) is 10.2 Å². The molecule has 0 saturated carbocycles. The zero-order chi connectivity index (χ0) is 13.6. The number of hydrogen-bond donors (Lipinski definition) is 2. The first kappa shape index (κ1) is 15.4. The van der Waals surface area contributed by atoms with Crippen LogP contribution in [0.15, 0.2) is 0 Å². The van der Waals surface area contributed by atoms with Gasteiger partial charge in [0.05, 0.1) is 7.11 Å². The number of carbonyl (C=O) groups excluding carboxylic acids is 1. The standard InChI is InChI=1S/C13H26N2O3/c1-4-15-7-5-11(6-8-15)9-14-10-13(2,17)12(16)18-3/h11,14,17H,4-10H2,1-3H3. The Kier molecular flexibility index (Phi) is 6.05. The Hall–Kier alpha value is -0.650. The van der Waals surface area contributed by atoms with Crippen molar-refractivity contribution in [2.24, 2.45) is 5.92 Å². The lowest BCUT2D eigenvalue weighted by Gasteiger charge is -2.31. The topological polar surface area (TPSA) is 61.8 Å². The van der Waals surface area contributed by atoms with Gasteiger partial charge in [-0.2, -0.15) is 0 Å². The highest BCUT2D eigenvalue weighted by Gasteiger charge is 2.31. The lowest BCUT2D eigenvalue weighted by Crippen LogP contribution is -2.47. The van der Waals surface area contributed by atoms with Crippen LogP contribution in [-0.4, -0.2) is 61.4 Å². The maximum absolute atomic E-state index is 11.3. The molecule has 1 atom stereocenters. The summed E-state index contributed by atoms with van der Waals surface area (Å²) in [6.07, 6.45) is 2.36. The Morgan fingerprint density at radius 2 is 2.11 bits per heavy atom. The number of hydrogen-bond acceptors (Lipinski definition) is 5. The second-order valence-corrected chi connectivity index (χ2v) is 5.27. The molecule has 0 aromatic rings. The minimum atomic E-state index is -1.43. The number of aliphatic hydroxyl groups is 1. The van der Waals surface area contributed by atoms with Crippen LogP contribution in [-0.2, 0) is 9.53 Å². The number of piperidine rings is 1. The van der Waals surface area contributed by atoms with E-state index >= 15 is 0 Å². The van der Waals surface area contributed by atoms with Crippen molar-refractivity contribution in [2.75, 3.05) is 39.8 Å². The minimum Gasteiger partial charge on any atom is -0.467 e. The summed E-state index contributed by atoms with van der Waals surface area (Å²) < 4.78 is 4.55. The maximum Gasteiger partial charge on any atom is 0.338 e. The zero-order valence-electron chi connectivity index (χ0n) is 11.7. The number of likely N-dealkylation sites (tertiary alicyclic amines) is 1. The third-order valence-corrected chi connectivity index (χ3v) is 3.68. The number of rotatable bonds is 6. The van der Waals surface area contributed by atoms with Crippen LogP contribution in [0.4, 0.5) is 0 Å². The number of nitrogens with zero attached hydrogens (tertiary/aromatic N) is 1. The van der Waals surface area contributed by atoms with Crippen LogP contribution in [0, 0.1) is 5.92 Å². The molecule has 0 radical (unpaired) electrons. The molecule has 1 aliphatic rings. The molecule has 18 heavy (non-hydrogen) atoms. The minimum absolute atomic E-state index is 0.244. The normalized spacial score (nSPS) is 21.6. The van der Waals surface area contributed by atoms with Gasteiger partial charge < -0.3 is 20.1 Å². The van der Waals surface area contributed by atoms with Crippen LogP contribution in [0.25, 0.3) is 0 Å². The smallest absolute Gasteiger partial charge is 0.338 e. The summed E-state index contributed by atoms with van der Waals surface area (Å²) in [5.41, 5.74) is -1.43. The van der Waals surface area contributed by atoms with Gasteiger partial charge in [0.1, 0.15) is 0 Å². The number of carbonyl (C=O) groups is 1. The van der Waals surface area contributed by atoms with E-state index in [1.54, 1.807) is 0 Å². The lowest BCUT2D eigenvalue weighted by atomic mass is 9.96. The average Bonchev–Trinajstić information content (AvgIpc) is 2.38. The molecular formula is C13H26N2O3. The monoisotopic (exact) mass is 258 g/mol. The molecule has 1 rings (SSSR count). The average molecular weight is 258 g/mol. The summed E-state index contributed by atoms with van der Waals surface area (Å²) in [5, 5.41) is 13.0. The molecule has 0 aromatic carbocycles. The molecule has 2 N–H and O–H groups in total. The fraction of sp³-hybridized carbons (Fsp3) is 0.923. The number of esters is 1. The van der Waals surface area contributed by atoms with Crippen LogP contribution in [0.1, 0.15) is 26.7 Å². The van der Waals surface area contributed by atoms with Crippen molar-refractivity contribution in [3.63, 3.8) is 0 Å². The van der Waals surface area contributed by atoms with Crippen molar-refractivity contribution in [2.45, 2.75) is 32.3 Å². The van der Waals surface area contributed by atoms with Gasteiger partial charge in [0.15, 0.2) is 5.60 Å². The van der Waals surface area contributed by atoms with Crippen LogP contribution in [0.5, 0.6) is 0 Å². The summed E-state index contributed by atoms with van der Waals surface area (Å²) in [6, 6.07) is 0. The van der Waals surface area contributed by atoms with E-state index in [1.165, 1.54) is 26.9 Å².